The number of alkyl halides is 3. The Morgan fingerprint density at radius 2 is 2.17 bits per heavy atom. The van der Waals surface area contributed by atoms with Gasteiger partial charge in [0.05, 0.1) is 10.6 Å². The van der Waals surface area contributed by atoms with Crippen LogP contribution in [0.5, 0.6) is 0 Å². The Bertz CT molecular complexity index is 717. The number of allylic oxidation sites excluding steroid dienone is 2. The number of nitrogens with zero attached hydrogens (tertiary/aromatic N) is 2. The second-order valence-corrected chi connectivity index (χ2v) is 5.79. The van der Waals surface area contributed by atoms with Gasteiger partial charge in [-0.2, -0.15) is 5.10 Å². The number of aryl methyl sites for hydroxylation is 1. The number of halogens is 4. The van der Waals surface area contributed by atoms with E-state index >= 15 is 0 Å². The lowest BCUT2D eigenvalue weighted by atomic mass is 9.93. The molecule has 1 aliphatic rings. The van der Waals surface area contributed by atoms with Gasteiger partial charge in [-0.05, 0) is 6.08 Å². The van der Waals surface area contributed by atoms with E-state index in [0.717, 1.165) is 10.9 Å². The van der Waals surface area contributed by atoms with Crippen molar-refractivity contribution >= 4 is 35.1 Å². The summed E-state index contributed by atoms with van der Waals surface area (Å²) in [5.74, 6) is -3.70. The van der Waals surface area contributed by atoms with E-state index in [4.69, 9.17) is 23.2 Å². The van der Waals surface area contributed by atoms with Gasteiger partial charge in [0.25, 0.3) is 12.3 Å². The van der Waals surface area contributed by atoms with E-state index in [1.807, 2.05) is 0 Å². The fourth-order valence-electron chi connectivity index (χ4n) is 2.12. The number of aromatic nitrogens is 2. The minimum Gasteiger partial charge on any atom is -0.481 e. The van der Waals surface area contributed by atoms with Crippen LogP contribution in [-0.4, -0.2) is 31.8 Å². The third kappa shape index (κ3) is 3.23. The zero-order chi connectivity index (χ0) is 17.4. The number of amides is 1. The number of hydrogen-bond acceptors (Lipinski definition) is 3. The molecule has 2 rings (SSSR count). The highest BCUT2D eigenvalue weighted by Crippen LogP contribution is 2.38. The van der Waals surface area contributed by atoms with E-state index in [2.05, 4.69) is 10.4 Å². The van der Waals surface area contributed by atoms with E-state index in [1.54, 1.807) is 0 Å². The molecular weight excluding hydrogens is 355 g/mol. The summed E-state index contributed by atoms with van der Waals surface area (Å²) in [7, 11) is 1.37. The summed E-state index contributed by atoms with van der Waals surface area (Å²) in [6.07, 6.45) is 2.03. The van der Waals surface area contributed by atoms with Gasteiger partial charge in [0.15, 0.2) is 5.00 Å². The topological polar surface area (TPSA) is 84.2 Å². The summed E-state index contributed by atoms with van der Waals surface area (Å²) >= 11 is 12.1. The van der Waals surface area contributed by atoms with E-state index in [-0.39, 0.29) is 5.03 Å². The van der Waals surface area contributed by atoms with Crippen molar-refractivity contribution in [1.29, 1.82) is 0 Å². The molecule has 2 atom stereocenters. The molecule has 0 saturated carbocycles. The first-order chi connectivity index (χ1) is 10.7. The molecule has 2 N–H and O–H groups in total. The van der Waals surface area contributed by atoms with Crippen molar-refractivity contribution in [3.05, 3.63) is 40.7 Å². The molecule has 0 saturated heterocycles. The van der Waals surface area contributed by atoms with Gasteiger partial charge >= 0.3 is 5.97 Å². The van der Waals surface area contributed by atoms with Crippen LogP contribution in [0.3, 0.4) is 0 Å². The van der Waals surface area contributed by atoms with Crippen LogP contribution in [0.4, 0.5) is 8.78 Å². The number of carbonyl (C=O) groups is 2. The Labute approximate surface area is 139 Å². The standard InChI is InChI=1S/C13H11Cl2F2N3O3/c1-20-5-6(9(19-20)10(16)17)11(21)18-13(15)7(12(22)23)3-2-4-8(13)14/h2-5,7,10H,1H3,(H,18,21)(H,22,23). The molecular formula is C13H11Cl2F2N3O3. The fourth-order valence-corrected chi connectivity index (χ4v) is 2.67. The normalized spacial score (nSPS) is 23.7. The number of carbonyl (C=O) groups excluding carboxylic acids is 1. The number of aliphatic carboxylic acids is 1. The van der Waals surface area contributed by atoms with Crippen LogP contribution >= 0.6 is 23.2 Å². The molecule has 1 aromatic heterocycles. The van der Waals surface area contributed by atoms with Crippen molar-refractivity contribution < 1.29 is 23.5 Å². The highest BCUT2D eigenvalue weighted by Gasteiger charge is 2.46. The minimum atomic E-state index is -2.98. The van der Waals surface area contributed by atoms with Crippen molar-refractivity contribution in [3.8, 4) is 0 Å². The van der Waals surface area contributed by atoms with Crippen LogP contribution in [0.25, 0.3) is 0 Å². The van der Waals surface area contributed by atoms with Crippen LogP contribution < -0.4 is 5.32 Å². The third-order valence-corrected chi connectivity index (χ3v) is 4.25. The monoisotopic (exact) mass is 365 g/mol. The van der Waals surface area contributed by atoms with Crippen molar-refractivity contribution in [3.63, 3.8) is 0 Å². The Morgan fingerprint density at radius 3 is 2.74 bits per heavy atom. The largest absolute Gasteiger partial charge is 0.481 e. The number of nitrogens with one attached hydrogen (secondary N) is 1. The number of hydrogen-bond donors (Lipinski definition) is 2. The first-order valence-corrected chi connectivity index (χ1v) is 7.02. The molecule has 2 unspecified atom stereocenters. The van der Waals surface area contributed by atoms with Gasteiger partial charge in [0.2, 0.25) is 0 Å². The Kier molecular flexibility index (Phi) is 4.76. The second-order valence-electron chi connectivity index (χ2n) is 4.78. The van der Waals surface area contributed by atoms with E-state index < -0.39 is 40.5 Å². The highest BCUT2D eigenvalue weighted by molar-refractivity contribution is 6.41. The van der Waals surface area contributed by atoms with Gasteiger partial charge in [-0.15, -0.1) is 0 Å². The van der Waals surface area contributed by atoms with Crippen molar-refractivity contribution in [2.75, 3.05) is 0 Å². The zero-order valence-electron chi connectivity index (χ0n) is 11.6. The average Bonchev–Trinajstić information content (AvgIpc) is 2.84. The Morgan fingerprint density at radius 1 is 1.52 bits per heavy atom. The number of carboxylic acid groups (broad SMARTS) is 1. The average molecular weight is 366 g/mol. The zero-order valence-corrected chi connectivity index (χ0v) is 13.1. The van der Waals surface area contributed by atoms with Crippen LogP contribution in [0, 0.1) is 5.92 Å². The lowest BCUT2D eigenvalue weighted by Gasteiger charge is -2.33. The first kappa shape index (κ1) is 17.4. The molecule has 1 heterocycles. The van der Waals surface area contributed by atoms with Gasteiger partial charge in [-0.3, -0.25) is 14.3 Å². The van der Waals surface area contributed by atoms with Crippen LogP contribution in [0.1, 0.15) is 22.5 Å². The van der Waals surface area contributed by atoms with E-state index in [1.165, 1.54) is 25.3 Å². The van der Waals surface area contributed by atoms with Crippen molar-refractivity contribution in [1.82, 2.24) is 15.1 Å². The predicted octanol–water partition coefficient (Wildman–Crippen LogP) is 2.42. The molecule has 0 bridgehead atoms. The quantitative estimate of drug-likeness (QED) is 0.633. The first-order valence-electron chi connectivity index (χ1n) is 6.27. The molecule has 1 aliphatic carbocycles. The minimum absolute atomic E-state index is 0.148. The highest BCUT2D eigenvalue weighted by atomic mass is 35.5. The molecule has 124 valence electrons. The summed E-state index contributed by atoms with van der Waals surface area (Å²) in [5, 5.41) is 14.8. The Hall–Kier alpha value is -1.93. The molecule has 0 aliphatic heterocycles. The van der Waals surface area contributed by atoms with Crippen LogP contribution in [-0.2, 0) is 11.8 Å². The van der Waals surface area contributed by atoms with Crippen molar-refractivity contribution in [2.24, 2.45) is 13.0 Å². The summed E-state index contributed by atoms with van der Waals surface area (Å²) in [6.45, 7) is 0. The number of carboxylic acids is 1. The molecule has 0 radical (unpaired) electrons. The predicted molar refractivity (Wildman–Crippen MR) is 78.4 cm³/mol. The third-order valence-electron chi connectivity index (χ3n) is 3.19. The van der Waals surface area contributed by atoms with Gasteiger partial charge in [-0.25, -0.2) is 8.78 Å². The summed E-state index contributed by atoms with van der Waals surface area (Å²) in [4.78, 5) is 21.6. The summed E-state index contributed by atoms with van der Waals surface area (Å²) in [6, 6.07) is 0. The van der Waals surface area contributed by atoms with Crippen LogP contribution in [0.2, 0.25) is 0 Å². The van der Waals surface area contributed by atoms with Crippen molar-refractivity contribution in [2.45, 2.75) is 11.4 Å². The molecule has 0 spiro atoms. The Balaban J connectivity index is 2.36. The fraction of sp³-hybridized carbons (Fsp3) is 0.308. The molecule has 10 heteroatoms. The lowest BCUT2D eigenvalue weighted by molar-refractivity contribution is -0.140. The smallest absolute Gasteiger partial charge is 0.314 e. The maximum Gasteiger partial charge on any atom is 0.314 e. The maximum absolute atomic E-state index is 12.9. The van der Waals surface area contributed by atoms with Gasteiger partial charge in [-0.1, -0.05) is 35.4 Å². The van der Waals surface area contributed by atoms with E-state index in [9.17, 15) is 23.5 Å². The van der Waals surface area contributed by atoms with Crippen LogP contribution in [0.15, 0.2) is 29.5 Å². The lowest BCUT2D eigenvalue weighted by Crippen LogP contribution is -2.52. The molecule has 1 amide bonds. The maximum atomic E-state index is 12.9. The molecule has 6 nitrogen and oxygen atoms in total. The number of rotatable bonds is 4. The van der Waals surface area contributed by atoms with Gasteiger partial charge < -0.3 is 10.4 Å². The van der Waals surface area contributed by atoms with Gasteiger partial charge in [0, 0.05) is 13.2 Å². The summed E-state index contributed by atoms with van der Waals surface area (Å²) < 4.78 is 26.9. The van der Waals surface area contributed by atoms with Gasteiger partial charge in [0.1, 0.15) is 11.6 Å². The molecule has 1 aromatic rings. The molecule has 0 aromatic carbocycles. The SMILES string of the molecule is Cn1cc(C(=O)NC2(Cl)C(Cl)=CC=CC2C(=O)O)c(C(F)F)n1. The second kappa shape index (κ2) is 6.29. The summed E-state index contributed by atoms with van der Waals surface area (Å²) in [5.41, 5.74) is -1.14. The van der Waals surface area contributed by atoms with E-state index in [0.29, 0.717) is 0 Å². The molecule has 0 fully saturated rings. The molecule has 23 heavy (non-hydrogen) atoms.